The number of hydrogen-bond donors (Lipinski definition) is 3. The Bertz CT molecular complexity index is 834. The highest BCUT2D eigenvalue weighted by Crippen LogP contribution is 2.30. The highest BCUT2D eigenvalue weighted by molar-refractivity contribution is 6.06. The molecule has 1 amide bonds. The maximum absolute atomic E-state index is 12.5. The van der Waals surface area contributed by atoms with Crippen LogP contribution in [0, 0.1) is 11.3 Å². The second-order valence-electron chi connectivity index (χ2n) is 5.24. The molecule has 1 unspecified atom stereocenters. The number of aliphatic hydroxyl groups is 2. The van der Waals surface area contributed by atoms with Crippen molar-refractivity contribution >= 4 is 11.6 Å². The second kappa shape index (κ2) is 7.76. The number of carbonyl (C=O) groups is 1. The first-order chi connectivity index (χ1) is 12.2. The van der Waals surface area contributed by atoms with E-state index in [9.17, 15) is 28.2 Å². The van der Waals surface area contributed by atoms with Crippen molar-refractivity contribution < 1.29 is 32.6 Å². The normalized spacial score (nSPS) is 13.5. The van der Waals surface area contributed by atoms with Crippen LogP contribution in [0.4, 0.5) is 18.9 Å². The summed E-state index contributed by atoms with van der Waals surface area (Å²) < 4.78 is 42.3. The lowest BCUT2D eigenvalue weighted by molar-refractivity contribution is -0.137. The van der Waals surface area contributed by atoms with Gasteiger partial charge in [0.25, 0.3) is 5.91 Å². The van der Waals surface area contributed by atoms with E-state index in [0.29, 0.717) is 5.56 Å². The van der Waals surface area contributed by atoms with Crippen molar-refractivity contribution in [3.63, 3.8) is 0 Å². The molecule has 1 aromatic carbocycles. The Balaban J connectivity index is 2.11. The van der Waals surface area contributed by atoms with E-state index in [0.717, 1.165) is 24.3 Å². The van der Waals surface area contributed by atoms with Gasteiger partial charge in [-0.1, -0.05) is 0 Å². The Hall–Kier alpha value is -3.25. The number of aliphatic hydroxyl groups excluding tert-OH is 2. The van der Waals surface area contributed by atoms with E-state index in [4.69, 9.17) is 9.68 Å². The van der Waals surface area contributed by atoms with Crippen molar-refractivity contribution in [1.82, 2.24) is 0 Å². The van der Waals surface area contributed by atoms with Crippen LogP contribution in [0.2, 0.25) is 0 Å². The van der Waals surface area contributed by atoms with Gasteiger partial charge in [-0.15, -0.1) is 0 Å². The zero-order chi connectivity index (χ0) is 19.3. The molecule has 26 heavy (non-hydrogen) atoms. The average molecular weight is 366 g/mol. The van der Waals surface area contributed by atoms with Crippen molar-refractivity contribution in [3.8, 4) is 6.07 Å². The number of nitriles is 1. The molecular formula is C17H13F3N2O4. The fraction of sp³-hybridized carbons (Fsp3) is 0.176. The van der Waals surface area contributed by atoms with E-state index in [1.165, 1.54) is 24.7 Å². The molecule has 0 spiro atoms. The number of nitrogens with zero attached hydrogens (tertiary/aromatic N) is 1. The van der Waals surface area contributed by atoms with Crippen molar-refractivity contribution in [2.75, 3.05) is 5.32 Å². The van der Waals surface area contributed by atoms with Gasteiger partial charge in [0.15, 0.2) is 5.57 Å². The van der Waals surface area contributed by atoms with Crippen LogP contribution in [0.15, 0.2) is 58.6 Å². The van der Waals surface area contributed by atoms with Gasteiger partial charge in [-0.25, -0.2) is 0 Å². The van der Waals surface area contributed by atoms with Gasteiger partial charge < -0.3 is 19.9 Å². The summed E-state index contributed by atoms with van der Waals surface area (Å²) in [6.45, 7) is 0. The van der Waals surface area contributed by atoms with Gasteiger partial charge in [0, 0.05) is 17.7 Å². The van der Waals surface area contributed by atoms with Gasteiger partial charge in [0.2, 0.25) is 0 Å². The van der Waals surface area contributed by atoms with E-state index in [2.05, 4.69) is 5.32 Å². The summed E-state index contributed by atoms with van der Waals surface area (Å²) in [6.07, 6.45) is -3.57. The minimum atomic E-state index is -4.51. The first-order valence-corrected chi connectivity index (χ1v) is 7.23. The Morgan fingerprint density at radius 3 is 2.42 bits per heavy atom. The van der Waals surface area contributed by atoms with Crippen molar-refractivity contribution in [2.24, 2.45) is 0 Å². The van der Waals surface area contributed by atoms with E-state index >= 15 is 0 Å². The third kappa shape index (κ3) is 4.64. The average Bonchev–Trinajstić information content (AvgIpc) is 3.09. The number of anilines is 1. The second-order valence-corrected chi connectivity index (χ2v) is 5.24. The molecule has 0 aliphatic rings. The molecule has 0 saturated heterocycles. The van der Waals surface area contributed by atoms with Crippen LogP contribution in [0.1, 0.15) is 23.7 Å². The number of benzene rings is 1. The molecule has 0 fully saturated rings. The molecule has 0 saturated carbocycles. The highest BCUT2D eigenvalue weighted by atomic mass is 19.4. The van der Waals surface area contributed by atoms with Crippen LogP contribution in [0.5, 0.6) is 0 Å². The number of carbonyl (C=O) groups excluding carboxylic acids is 1. The lowest BCUT2D eigenvalue weighted by Crippen LogP contribution is -2.16. The third-order valence-corrected chi connectivity index (χ3v) is 3.41. The number of rotatable bonds is 5. The smallest absolute Gasteiger partial charge is 0.416 e. The summed E-state index contributed by atoms with van der Waals surface area (Å²) in [6, 6.07) is 6.55. The Morgan fingerprint density at radius 1 is 1.27 bits per heavy atom. The molecule has 9 heteroatoms. The molecular weight excluding hydrogens is 353 g/mol. The number of nitrogens with one attached hydrogen (secondary N) is 1. The van der Waals surface area contributed by atoms with Crippen LogP contribution < -0.4 is 5.32 Å². The maximum Gasteiger partial charge on any atom is 0.416 e. The summed E-state index contributed by atoms with van der Waals surface area (Å²) in [4.78, 5) is 12.1. The van der Waals surface area contributed by atoms with Crippen LogP contribution in [-0.4, -0.2) is 16.1 Å². The number of halogens is 3. The minimum Gasteiger partial charge on any atom is -0.511 e. The molecule has 2 rings (SSSR count). The molecule has 0 radical (unpaired) electrons. The van der Waals surface area contributed by atoms with Crippen LogP contribution in [0.3, 0.4) is 0 Å². The zero-order valence-electron chi connectivity index (χ0n) is 13.1. The molecule has 6 nitrogen and oxygen atoms in total. The minimum absolute atomic E-state index is 0.0129. The van der Waals surface area contributed by atoms with Crippen LogP contribution >= 0.6 is 0 Å². The van der Waals surface area contributed by atoms with Gasteiger partial charge in [0.1, 0.15) is 11.8 Å². The Labute approximate surface area is 145 Å². The summed E-state index contributed by atoms with van der Waals surface area (Å²) in [5, 5.41) is 31.1. The summed E-state index contributed by atoms with van der Waals surface area (Å²) >= 11 is 0. The summed E-state index contributed by atoms with van der Waals surface area (Å²) in [7, 11) is 0. The van der Waals surface area contributed by atoms with Gasteiger partial charge in [0.05, 0.1) is 24.2 Å². The SMILES string of the molecule is N#C/C(C(=O)Nc1ccc(C(F)(F)F)cc1)=C(/O)CC(O)c1ccoc1. The van der Waals surface area contributed by atoms with Crippen LogP contribution in [0.25, 0.3) is 0 Å². The quantitative estimate of drug-likeness (QED) is 0.425. The fourth-order valence-corrected chi connectivity index (χ4v) is 2.05. The topological polar surface area (TPSA) is 106 Å². The van der Waals surface area contributed by atoms with Crippen molar-refractivity contribution in [3.05, 3.63) is 65.3 Å². The predicted octanol–water partition coefficient (Wildman–Crippen LogP) is 3.70. The van der Waals surface area contributed by atoms with Gasteiger partial charge in [-0.05, 0) is 30.3 Å². The van der Waals surface area contributed by atoms with Crippen molar-refractivity contribution in [1.29, 1.82) is 5.26 Å². The fourth-order valence-electron chi connectivity index (χ4n) is 2.05. The number of amides is 1. The van der Waals surface area contributed by atoms with E-state index < -0.39 is 41.5 Å². The molecule has 0 bridgehead atoms. The van der Waals surface area contributed by atoms with Gasteiger partial charge in [-0.2, -0.15) is 18.4 Å². The van der Waals surface area contributed by atoms with Gasteiger partial charge in [-0.3, -0.25) is 4.79 Å². The molecule has 136 valence electrons. The first-order valence-electron chi connectivity index (χ1n) is 7.23. The number of hydrogen-bond acceptors (Lipinski definition) is 5. The number of furan rings is 1. The maximum atomic E-state index is 12.5. The van der Waals surface area contributed by atoms with Gasteiger partial charge >= 0.3 is 6.18 Å². The molecule has 1 atom stereocenters. The van der Waals surface area contributed by atoms with Crippen molar-refractivity contribution in [2.45, 2.75) is 18.7 Å². The standard InChI is InChI=1S/C17H13F3N2O4/c18-17(19,20)11-1-3-12(4-2-11)22-16(25)13(8-21)15(24)7-14(23)10-5-6-26-9-10/h1-6,9,14,23-24H,7H2,(H,22,25)/b15-13-. The van der Waals surface area contributed by atoms with E-state index in [1.54, 1.807) is 0 Å². The lowest BCUT2D eigenvalue weighted by atomic mass is 10.1. The van der Waals surface area contributed by atoms with Crippen LogP contribution in [-0.2, 0) is 11.0 Å². The van der Waals surface area contributed by atoms with E-state index in [1.807, 2.05) is 0 Å². The largest absolute Gasteiger partial charge is 0.511 e. The highest BCUT2D eigenvalue weighted by Gasteiger charge is 2.30. The molecule has 1 heterocycles. The Kier molecular flexibility index (Phi) is 5.69. The molecule has 0 aliphatic heterocycles. The lowest BCUT2D eigenvalue weighted by Gasteiger charge is -2.11. The molecule has 2 aromatic rings. The molecule has 1 aromatic heterocycles. The molecule has 0 aliphatic carbocycles. The monoisotopic (exact) mass is 366 g/mol. The van der Waals surface area contributed by atoms with E-state index in [-0.39, 0.29) is 5.69 Å². The third-order valence-electron chi connectivity index (χ3n) is 3.41. The predicted molar refractivity (Wildman–Crippen MR) is 83.6 cm³/mol. The first kappa shape index (κ1) is 19.1. The zero-order valence-corrected chi connectivity index (χ0v) is 13.1. The summed E-state index contributed by atoms with van der Waals surface area (Å²) in [5.41, 5.74) is -1.19. The Morgan fingerprint density at radius 2 is 1.92 bits per heavy atom. The summed E-state index contributed by atoms with van der Waals surface area (Å²) in [5.74, 6) is -1.67. The molecule has 3 N–H and O–H groups in total. The number of alkyl halides is 3.